The Bertz CT molecular complexity index is 729. The molecule has 0 unspecified atom stereocenters. The van der Waals surface area contributed by atoms with Crippen molar-refractivity contribution < 1.29 is 14.3 Å². The minimum atomic E-state index is -0.477. The van der Waals surface area contributed by atoms with Crippen molar-refractivity contribution in [2.24, 2.45) is 5.92 Å². The van der Waals surface area contributed by atoms with Crippen LogP contribution in [0.5, 0.6) is 0 Å². The van der Waals surface area contributed by atoms with E-state index in [4.69, 9.17) is 4.74 Å². The fourth-order valence-corrected chi connectivity index (χ4v) is 3.57. The number of nitrogens with zero attached hydrogens (tertiary/aromatic N) is 1. The zero-order valence-corrected chi connectivity index (χ0v) is 19.7. The van der Waals surface area contributed by atoms with Crippen LogP contribution in [0.1, 0.15) is 78.4 Å². The Morgan fingerprint density at radius 2 is 1.77 bits per heavy atom. The number of urea groups is 1. The van der Waals surface area contributed by atoms with E-state index in [2.05, 4.69) is 42.7 Å². The zero-order valence-electron chi connectivity index (χ0n) is 19.7. The largest absolute Gasteiger partial charge is 0.444 e. The molecule has 1 aromatic rings. The lowest BCUT2D eigenvalue weighted by Gasteiger charge is -2.34. The van der Waals surface area contributed by atoms with Crippen LogP contribution in [0.25, 0.3) is 0 Å². The predicted octanol–water partition coefficient (Wildman–Crippen LogP) is 4.99. The number of hydrogen-bond donors (Lipinski definition) is 2. The first-order valence-corrected chi connectivity index (χ1v) is 11.0. The molecule has 1 saturated heterocycles. The highest BCUT2D eigenvalue weighted by Gasteiger charge is 2.28. The first kappa shape index (κ1) is 24.0. The van der Waals surface area contributed by atoms with Gasteiger partial charge in [0.1, 0.15) is 5.60 Å². The summed E-state index contributed by atoms with van der Waals surface area (Å²) in [6, 6.07) is 8.22. The van der Waals surface area contributed by atoms with Crippen LogP contribution >= 0.6 is 0 Å². The quantitative estimate of drug-likeness (QED) is 0.709. The first-order chi connectivity index (χ1) is 13.9. The fraction of sp³-hybridized carbons (Fsp3) is 0.667. The number of carbonyl (C=O) groups is 2. The van der Waals surface area contributed by atoms with Crippen LogP contribution in [0.3, 0.4) is 0 Å². The van der Waals surface area contributed by atoms with Gasteiger partial charge in [0, 0.05) is 19.6 Å². The second kappa shape index (κ2) is 9.71. The van der Waals surface area contributed by atoms with Gasteiger partial charge in [0.2, 0.25) is 0 Å². The molecule has 2 N–H and O–H groups in total. The van der Waals surface area contributed by atoms with E-state index >= 15 is 0 Å². The molecule has 1 aliphatic heterocycles. The number of piperidine rings is 1. The molecule has 1 fully saturated rings. The van der Waals surface area contributed by atoms with E-state index in [1.54, 1.807) is 4.90 Å². The Labute approximate surface area is 181 Å². The highest BCUT2D eigenvalue weighted by Crippen LogP contribution is 2.24. The van der Waals surface area contributed by atoms with Crippen molar-refractivity contribution in [3.8, 4) is 0 Å². The lowest BCUT2D eigenvalue weighted by Crippen LogP contribution is -2.49. The van der Waals surface area contributed by atoms with Crippen molar-refractivity contribution in [1.82, 2.24) is 15.5 Å². The van der Waals surface area contributed by atoms with Crippen molar-refractivity contribution in [2.75, 3.05) is 19.6 Å². The topological polar surface area (TPSA) is 70.7 Å². The van der Waals surface area contributed by atoms with E-state index in [1.807, 2.05) is 40.7 Å². The van der Waals surface area contributed by atoms with Gasteiger partial charge in [0.15, 0.2) is 0 Å². The minimum absolute atomic E-state index is 0.162. The molecule has 1 heterocycles. The van der Waals surface area contributed by atoms with E-state index in [0.29, 0.717) is 31.5 Å². The monoisotopic (exact) mass is 417 g/mol. The molecule has 3 amide bonds. The summed E-state index contributed by atoms with van der Waals surface area (Å²) >= 11 is 0. The summed E-state index contributed by atoms with van der Waals surface area (Å²) in [5, 5.41) is 6.11. The van der Waals surface area contributed by atoms with Gasteiger partial charge in [-0.2, -0.15) is 0 Å². The second-order valence-electron chi connectivity index (χ2n) is 10.2. The molecule has 1 aliphatic rings. The summed E-state index contributed by atoms with van der Waals surface area (Å²) in [5.41, 5.74) is 1.42. The van der Waals surface area contributed by atoms with E-state index in [9.17, 15) is 9.59 Å². The second-order valence-corrected chi connectivity index (χ2v) is 10.2. The highest BCUT2D eigenvalue weighted by atomic mass is 16.6. The number of carbonyl (C=O) groups excluding carboxylic acids is 2. The molecule has 0 spiro atoms. The standard InChI is InChI=1S/C24H39N3O3/c1-17(2)19-9-8-10-20(15-19)24(6,7)26-21(28)25-16-18-11-13-27(14-12-18)22(29)30-23(3,4)5/h8-10,15,17-18H,11-14,16H2,1-7H3,(H2,25,26,28). The van der Waals surface area contributed by atoms with E-state index < -0.39 is 11.1 Å². The molecular weight excluding hydrogens is 378 g/mol. The van der Waals surface area contributed by atoms with Gasteiger partial charge in [-0.05, 0) is 70.4 Å². The summed E-state index contributed by atoms with van der Waals surface area (Å²) in [6.45, 7) is 15.9. The lowest BCUT2D eigenvalue weighted by molar-refractivity contribution is 0.0184. The number of amides is 3. The smallest absolute Gasteiger partial charge is 0.410 e. The average Bonchev–Trinajstić information content (AvgIpc) is 2.65. The molecule has 0 aromatic heterocycles. The zero-order chi connectivity index (χ0) is 22.5. The number of hydrogen-bond acceptors (Lipinski definition) is 3. The third-order valence-electron chi connectivity index (χ3n) is 5.52. The van der Waals surface area contributed by atoms with Crippen molar-refractivity contribution in [2.45, 2.75) is 78.4 Å². The maximum Gasteiger partial charge on any atom is 0.410 e. The van der Waals surface area contributed by atoms with Crippen LogP contribution in [0, 0.1) is 5.92 Å². The number of benzene rings is 1. The number of ether oxygens (including phenoxy) is 1. The van der Waals surface area contributed by atoms with Gasteiger partial charge in [-0.25, -0.2) is 9.59 Å². The van der Waals surface area contributed by atoms with E-state index in [-0.39, 0.29) is 12.1 Å². The Morgan fingerprint density at radius 3 is 2.33 bits per heavy atom. The van der Waals surface area contributed by atoms with Crippen LogP contribution in [0.2, 0.25) is 0 Å². The van der Waals surface area contributed by atoms with Crippen LogP contribution in [-0.2, 0) is 10.3 Å². The van der Waals surface area contributed by atoms with Gasteiger partial charge in [0.25, 0.3) is 0 Å². The Balaban J connectivity index is 1.80. The molecule has 0 radical (unpaired) electrons. The first-order valence-electron chi connectivity index (χ1n) is 11.0. The summed E-state index contributed by atoms with van der Waals surface area (Å²) in [6.07, 6.45) is 1.47. The maximum atomic E-state index is 12.5. The Kier molecular flexibility index (Phi) is 7.78. The van der Waals surface area contributed by atoms with Crippen LogP contribution in [-0.4, -0.2) is 42.3 Å². The molecule has 168 valence electrons. The summed E-state index contributed by atoms with van der Waals surface area (Å²) in [4.78, 5) is 26.4. The van der Waals surface area contributed by atoms with Crippen LogP contribution in [0.4, 0.5) is 9.59 Å². The SMILES string of the molecule is CC(C)c1cccc(C(C)(C)NC(=O)NCC2CCN(C(=O)OC(C)(C)C)CC2)c1. The molecule has 30 heavy (non-hydrogen) atoms. The Morgan fingerprint density at radius 1 is 1.13 bits per heavy atom. The fourth-order valence-electron chi connectivity index (χ4n) is 3.57. The maximum absolute atomic E-state index is 12.5. The highest BCUT2D eigenvalue weighted by molar-refractivity contribution is 5.75. The minimum Gasteiger partial charge on any atom is -0.444 e. The molecule has 0 aliphatic carbocycles. The van der Waals surface area contributed by atoms with Gasteiger partial charge < -0.3 is 20.3 Å². The van der Waals surface area contributed by atoms with E-state index in [0.717, 1.165) is 18.4 Å². The van der Waals surface area contributed by atoms with Gasteiger partial charge in [0.05, 0.1) is 5.54 Å². The van der Waals surface area contributed by atoms with Gasteiger partial charge in [-0.3, -0.25) is 0 Å². The van der Waals surface area contributed by atoms with Crippen LogP contribution in [0.15, 0.2) is 24.3 Å². The molecule has 0 atom stereocenters. The van der Waals surface area contributed by atoms with Crippen molar-refractivity contribution in [3.63, 3.8) is 0 Å². The average molecular weight is 418 g/mol. The third kappa shape index (κ3) is 7.22. The normalized spacial score (nSPS) is 15.8. The molecule has 2 rings (SSSR count). The van der Waals surface area contributed by atoms with Gasteiger partial charge in [-0.1, -0.05) is 38.1 Å². The number of nitrogens with one attached hydrogen (secondary N) is 2. The molecule has 0 bridgehead atoms. The molecule has 0 saturated carbocycles. The van der Waals surface area contributed by atoms with Crippen molar-refractivity contribution >= 4 is 12.1 Å². The van der Waals surface area contributed by atoms with E-state index in [1.165, 1.54) is 5.56 Å². The van der Waals surface area contributed by atoms with Gasteiger partial charge in [-0.15, -0.1) is 0 Å². The summed E-state index contributed by atoms with van der Waals surface area (Å²) in [7, 11) is 0. The van der Waals surface area contributed by atoms with Crippen LogP contribution < -0.4 is 10.6 Å². The van der Waals surface area contributed by atoms with Crippen molar-refractivity contribution in [3.05, 3.63) is 35.4 Å². The number of rotatable bonds is 5. The Hall–Kier alpha value is -2.24. The third-order valence-corrected chi connectivity index (χ3v) is 5.52. The summed E-state index contributed by atoms with van der Waals surface area (Å²) < 4.78 is 5.44. The number of likely N-dealkylation sites (tertiary alicyclic amines) is 1. The predicted molar refractivity (Wildman–Crippen MR) is 121 cm³/mol. The lowest BCUT2D eigenvalue weighted by atomic mass is 9.90. The molecule has 6 heteroatoms. The van der Waals surface area contributed by atoms with Gasteiger partial charge >= 0.3 is 12.1 Å². The summed E-state index contributed by atoms with van der Waals surface area (Å²) in [5.74, 6) is 0.808. The molecule has 6 nitrogen and oxygen atoms in total. The molecule has 1 aromatic carbocycles. The molecular formula is C24H39N3O3. The van der Waals surface area contributed by atoms with Crippen molar-refractivity contribution in [1.29, 1.82) is 0 Å².